The fraction of sp³-hybridized carbons (Fsp3) is 0.667. The summed E-state index contributed by atoms with van der Waals surface area (Å²) in [6, 6.07) is 0. The molecule has 0 saturated heterocycles. The number of anilines is 1. The van der Waals surface area contributed by atoms with E-state index >= 15 is 0 Å². The van der Waals surface area contributed by atoms with Gasteiger partial charge in [-0.15, -0.1) is 0 Å². The quantitative estimate of drug-likeness (QED) is 0.932. The first-order valence-corrected chi connectivity index (χ1v) is 6.77. The van der Waals surface area contributed by atoms with Gasteiger partial charge in [0, 0.05) is 20.4 Å². The highest BCUT2D eigenvalue weighted by Gasteiger charge is 2.36. The Hall–Kier alpha value is -0.680. The second kappa shape index (κ2) is 5.31. The fourth-order valence-electron chi connectivity index (χ4n) is 2.40. The van der Waals surface area contributed by atoms with E-state index in [-0.39, 0.29) is 5.60 Å². The average Bonchev–Trinajstić information content (AvgIpc) is 2.40. The van der Waals surface area contributed by atoms with Crippen LogP contribution in [-0.2, 0) is 10.3 Å². The lowest BCUT2D eigenvalue weighted by Gasteiger charge is -2.34. The third-order valence-electron chi connectivity index (χ3n) is 3.44. The third kappa shape index (κ3) is 2.45. The maximum atomic E-state index is 5.74. The van der Waals surface area contributed by atoms with Crippen LogP contribution in [0.15, 0.2) is 10.7 Å². The van der Waals surface area contributed by atoms with Crippen LogP contribution in [0.1, 0.15) is 37.9 Å². The molecule has 1 aromatic rings. The van der Waals surface area contributed by atoms with Gasteiger partial charge in [0.05, 0.1) is 4.47 Å². The Bertz CT molecular complexity index is 391. The van der Waals surface area contributed by atoms with Crippen LogP contribution in [0.3, 0.4) is 0 Å². The number of ether oxygens (including phenoxy) is 1. The standard InChI is InChI=1S/C12H18BrN3O/c1-14-10-9(13)8-15-11(16-10)12(17-2)6-4-3-5-7-12/h8H,3-7H2,1-2H3,(H,14,15,16). The normalized spacial score (nSPS) is 19.0. The van der Waals surface area contributed by atoms with Crippen LogP contribution in [0.2, 0.25) is 0 Å². The molecule has 0 spiro atoms. The van der Waals surface area contributed by atoms with Crippen molar-refractivity contribution >= 4 is 21.7 Å². The molecule has 0 bridgehead atoms. The summed E-state index contributed by atoms with van der Waals surface area (Å²) in [5.74, 6) is 1.62. The van der Waals surface area contributed by atoms with Gasteiger partial charge in [0.2, 0.25) is 0 Å². The molecule has 0 radical (unpaired) electrons. The monoisotopic (exact) mass is 299 g/mol. The Morgan fingerprint density at radius 3 is 2.65 bits per heavy atom. The Labute approximate surface area is 110 Å². The fourth-order valence-corrected chi connectivity index (χ4v) is 2.79. The van der Waals surface area contributed by atoms with Gasteiger partial charge in [-0.05, 0) is 28.8 Å². The number of hydrogen-bond donors (Lipinski definition) is 1. The van der Waals surface area contributed by atoms with E-state index in [9.17, 15) is 0 Å². The summed E-state index contributed by atoms with van der Waals surface area (Å²) >= 11 is 3.43. The van der Waals surface area contributed by atoms with Gasteiger partial charge < -0.3 is 10.1 Å². The van der Waals surface area contributed by atoms with Crippen molar-refractivity contribution in [2.24, 2.45) is 0 Å². The van der Waals surface area contributed by atoms with Crippen LogP contribution < -0.4 is 5.32 Å². The molecule has 2 rings (SSSR count). The smallest absolute Gasteiger partial charge is 0.162 e. The summed E-state index contributed by atoms with van der Waals surface area (Å²) in [5, 5.41) is 3.06. The number of halogens is 1. The van der Waals surface area contributed by atoms with Gasteiger partial charge in [-0.2, -0.15) is 0 Å². The van der Waals surface area contributed by atoms with E-state index in [1.165, 1.54) is 19.3 Å². The van der Waals surface area contributed by atoms with Gasteiger partial charge in [-0.1, -0.05) is 19.3 Å². The summed E-state index contributed by atoms with van der Waals surface area (Å²) in [4.78, 5) is 8.99. The van der Waals surface area contributed by atoms with Crippen molar-refractivity contribution in [3.8, 4) is 0 Å². The van der Waals surface area contributed by atoms with Crippen LogP contribution in [0.5, 0.6) is 0 Å². The number of aromatic nitrogens is 2. The summed E-state index contributed by atoms with van der Waals surface area (Å²) in [5.41, 5.74) is -0.287. The van der Waals surface area contributed by atoms with Gasteiger partial charge in [0.25, 0.3) is 0 Å². The summed E-state index contributed by atoms with van der Waals surface area (Å²) in [6.07, 6.45) is 7.46. The summed E-state index contributed by atoms with van der Waals surface area (Å²) in [6.45, 7) is 0. The van der Waals surface area contributed by atoms with Crippen molar-refractivity contribution in [3.63, 3.8) is 0 Å². The van der Waals surface area contributed by atoms with E-state index in [1.807, 2.05) is 7.05 Å². The van der Waals surface area contributed by atoms with Gasteiger partial charge in [0.15, 0.2) is 5.82 Å². The lowest BCUT2D eigenvalue weighted by molar-refractivity contribution is -0.0514. The van der Waals surface area contributed by atoms with Crippen molar-refractivity contribution < 1.29 is 4.74 Å². The molecule has 0 atom stereocenters. The molecular weight excluding hydrogens is 282 g/mol. The molecule has 17 heavy (non-hydrogen) atoms. The largest absolute Gasteiger partial charge is 0.372 e. The minimum absolute atomic E-state index is 0.287. The summed E-state index contributed by atoms with van der Waals surface area (Å²) < 4.78 is 6.62. The number of methoxy groups -OCH3 is 1. The van der Waals surface area contributed by atoms with Gasteiger partial charge in [-0.3, -0.25) is 0 Å². The first kappa shape index (κ1) is 12.8. The number of hydrogen-bond acceptors (Lipinski definition) is 4. The Balaban J connectivity index is 2.36. The molecule has 1 aromatic heterocycles. The zero-order chi connectivity index (χ0) is 12.3. The Morgan fingerprint density at radius 1 is 1.35 bits per heavy atom. The molecule has 1 aliphatic rings. The van der Waals surface area contributed by atoms with Crippen LogP contribution >= 0.6 is 15.9 Å². The highest BCUT2D eigenvalue weighted by atomic mass is 79.9. The zero-order valence-corrected chi connectivity index (χ0v) is 11.9. The van der Waals surface area contributed by atoms with E-state index < -0.39 is 0 Å². The zero-order valence-electron chi connectivity index (χ0n) is 10.3. The minimum atomic E-state index is -0.287. The number of nitrogens with one attached hydrogen (secondary N) is 1. The first-order valence-electron chi connectivity index (χ1n) is 5.98. The average molecular weight is 300 g/mol. The highest BCUT2D eigenvalue weighted by molar-refractivity contribution is 9.10. The topological polar surface area (TPSA) is 47.0 Å². The van der Waals surface area contributed by atoms with Crippen LogP contribution in [0, 0.1) is 0 Å². The van der Waals surface area contributed by atoms with Crippen LogP contribution in [0.4, 0.5) is 5.82 Å². The van der Waals surface area contributed by atoms with E-state index in [0.29, 0.717) is 0 Å². The predicted molar refractivity (Wildman–Crippen MR) is 71.1 cm³/mol. The van der Waals surface area contributed by atoms with E-state index in [1.54, 1.807) is 13.3 Å². The second-order valence-corrected chi connectivity index (χ2v) is 5.25. The first-order chi connectivity index (χ1) is 8.22. The maximum absolute atomic E-state index is 5.74. The SMILES string of the molecule is CNc1nc(C2(OC)CCCCC2)ncc1Br. The molecule has 0 unspecified atom stereocenters. The van der Waals surface area contributed by atoms with Crippen molar-refractivity contribution in [1.82, 2.24) is 9.97 Å². The van der Waals surface area contributed by atoms with E-state index in [4.69, 9.17) is 4.74 Å². The molecule has 0 amide bonds. The van der Waals surface area contributed by atoms with Crippen LogP contribution in [0.25, 0.3) is 0 Å². The summed E-state index contributed by atoms with van der Waals surface area (Å²) in [7, 11) is 3.62. The van der Waals surface area contributed by atoms with Crippen molar-refractivity contribution in [1.29, 1.82) is 0 Å². The third-order valence-corrected chi connectivity index (χ3v) is 4.02. The highest BCUT2D eigenvalue weighted by Crippen LogP contribution is 2.39. The molecule has 0 aromatic carbocycles. The van der Waals surface area contributed by atoms with Crippen molar-refractivity contribution in [3.05, 3.63) is 16.5 Å². The maximum Gasteiger partial charge on any atom is 0.162 e. The number of rotatable bonds is 3. The molecule has 1 fully saturated rings. The molecule has 0 aliphatic heterocycles. The van der Waals surface area contributed by atoms with Gasteiger partial charge >= 0.3 is 0 Å². The molecule has 1 N–H and O–H groups in total. The molecule has 4 nitrogen and oxygen atoms in total. The minimum Gasteiger partial charge on any atom is -0.372 e. The van der Waals surface area contributed by atoms with Crippen molar-refractivity contribution in [2.45, 2.75) is 37.7 Å². The van der Waals surface area contributed by atoms with E-state index in [2.05, 4.69) is 31.2 Å². The Morgan fingerprint density at radius 2 is 2.06 bits per heavy atom. The predicted octanol–water partition coefficient (Wildman–Crippen LogP) is 3.09. The van der Waals surface area contributed by atoms with E-state index in [0.717, 1.165) is 29.0 Å². The second-order valence-electron chi connectivity index (χ2n) is 4.40. The molecule has 1 aliphatic carbocycles. The molecular formula is C12H18BrN3O. The van der Waals surface area contributed by atoms with Crippen molar-refractivity contribution in [2.75, 3.05) is 19.5 Å². The molecule has 1 heterocycles. The number of nitrogens with zero attached hydrogens (tertiary/aromatic N) is 2. The van der Waals surface area contributed by atoms with Crippen LogP contribution in [-0.4, -0.2) is 24.1 Å². The molecule has 5 heteroatoms. The molecule has 1 saturated carbocycles. The Kier molecular flexibility index (Phi) is 3.99. The lowest BCUT2D eigenvalue weighted by atomic mass is 9.84. The lowest BCUT2D eigenvalue weighted by Crippen LogP contribution is -2.33. The molecule has 94 valence electrons. The van der Waals surface area contributed by atoms with Gasteiger partial charge in [-0.25, -0.2) is 9.97 Å². The van der Waals surface area contributed by atoms with Gasteiger partial charge in [0.1, 0.15) is 11.4 Å².